The van der Waals surface area contributed by atoms with Crippen LogP contribution in [0.25, 0.3) is 6.08 Å². The zero-order valence-electron chi connectivity index (χ0n) is 19.7. The maximum Gasteiger partial charge on any atom is 0.328 e. The van der Waals surface area contributed by atoms with Crippen LogP contribution in [-0.2, 0) is 6.54 Å². The normalized spacial score (nSPS) is 22.3. The minimum Gasteiger partial charge on any atom is -0.299 e. The van der Waals surface area contributed by atoms with Crippen LogP contribution < -0.4 is 10.2 Å². The number of carbonyl (C=O) groups excluding carboxylic acids is 1. The first-order chi connectivity index (χ1) is 16.6. The van der Waals surface area contributed by atoms with Crippen LogP contribution in [0.1, 0.15) is 56.1 Å². The molecule has 5 nitrogen and oxygen atoms in total. The average molecular weight is 461 g/mol. The quantitative estimate of drug-likeness (QED) is 0.616. The molecule has 0 unspecified atom stereocenters. The number of amidine groups is 1. The number of anilines is 1. The van der Waals surface area contributed by atoms with Crippen molar-refractivity contribution in [3.05, 3.63) is 72.1 Å². The van der Waals surface area contributed by atoms with E-state index >= 15 is 0 Å². The molecule has 2 saturated heterocycles. The first-order valence-electron chi connectivity index (χ1n) is 12.5. The van der Waals surface area contributed by atoms with Gasteiger partial charge in [-0.15, -0.1) is 0 Å². The molecule has 1 aliphatic carbocycles. The predicted molar refractivity (Wildman–Crippen MR) is 135 cm³/mol. The van der Waals surface area contributed by atoms with Gasteiger partial charge in [-0.25, -0.2) is 9.18 Å². The van der Waals surface area contributed by atoms with Crippen LogP contribution in [0.3, 0.4) is 0 Å². The number of carbonyl (C=O) groups is 1. The number of aliphatic imine (C=N–C) groups is 1. The summed E-state index contributed by atoms with van der Waals surface area (Å²) in [5.74, 6) is 0.444. The number of hydrogen-bond acceptors (Lipinski definition) is 3. The molecule has 2 amide bonds. The second-order valence-electron chi connectivity index (χ2n) is 9.77. The summed E-state index contributed by atoms with van der Waals surface area (Å²) in [5.41, 5.74) is 2.42. The highest BCUT2D eigenvalue weighted by Gasteiger charge is 2.53. The van der Waals surface area contributed by atoms with Crippen LogP contribution in [0, 0.1) is 5.82 Å². The van der Waals surface area contributed by atoms with Crippen molar-refractivity contribution in [2.45, 2.75) is 63.1 Å². The SMILES string of the molecule is C=Cc1cccc(CN2CCC3(CC2)C(=NC2CCCCC2)NC(=O)N3c2cccc(F)c2)c1. The van der Waals surface area contributed by atoms with Crippen LogP contribution >= 0.6 is 0 Å². The Morgan fingerprint density at radius 1 is 1.09 bits per heavy atom. The molecule has 6 heteroatoms. The van der Waals surface area contributed by atoms with E-state index in [0.717, 1.165) is 56.7 Å². The first kappa shape index (κ1) is 22.8. The first-order valence-corrected chi connectivity index (χ1v) is 12.5. The molecule has 178 valence electrons. The molecule has 0 radical (unpaired) electrons. The van der Waals surface area contributed by atoms with Crippen molar-refractivity contribution >= 4 is 23.6 Å². The van der Waals surface area contributed by atoms with Crippen molar-refractivity contribution in [3.8, 4) is 0 Å². The van der Waals surface area contributed by atoms with E-state index in [4.69, 9.17) is 4.99 Å². The summed E-state index contributed by atoms with van der Waals surface area (Å²) < 4.78 is 14.1. The lowest BCUT2D eigenvalue weighted by Crippen LogP contribution is -2.57. The summed E-state index contributed by atoms with van der Waals surface area (Å²) in [6, 6.07) is 14.9. The number of amides is 2. The largest absolute Gasteiger partial charge is 0.328 e. The number of halogens is 1. The van der Waals surface area contributed by atoms with Crippen LogP contribution in [-0.4, -0.2) is 41.4 Å². The molecule has 5 rings (SSSR count). The fourth-order valence-electron chi connectivity index (χ4n) is 5.72. The lowest BCUT2D eigenvalue weighted by Gasteiger charge is -2.44. The van der Waals surface area contributed by atoms with Gasteiger partial charge in [0.15, 0.2) is 0 Å². The Balaban J connectivity index is 1.42. The Morgan fingerprint density at radius 3 is 2.59 bits per heavy atom. The molecule has 2 aromatic carbocycles. The highest BCUT2D eigenvalue weighted by Crippen LogP contribution is 2.39. The smallest absolute Gasteiger partial charge is 0.299 e. The van der Waals surface area contributed by atoms with Gasteiger partial charge >= 0.3 is 6.03 Å². The highest BCUT2D eigenvalue weighted by molar-refractivity contribution is 6.19. The van der Waals surface area contributed by atoms with E-state index in [1.165, 1.54) is 37.0 Å². The standard InChI is InChI=1S/C28H33FN4O/c1-2-21-8-6-9-22(18-21)20-32-16-14-28(15-17-32)26(30-24-11-4-3-5-12-24)31-27(34)33(28)25-13-7-10-23(29)19-25/h2,6-10,13,18-19,24H,1,3-5,11-12,14-17,20H2,(H,30,31,34). The number of likely N-dealkylation sites (tertiary alicyclic amines) is 1. The predicted octanol–water partition coefficient (Wildman–Crippen LogP) is 5.76. The molecule has 0 atom stereocenters. The summed E-state index contributed by atoms with van der Waals surface area (Å²) in [4.78, 5) is 22.6. The number of hydrogen-bond donors (Lipinski definition) is 1. The van der Waals surface area contributed by atoms with Gasteiger partial charge in [-0.1, -0.05) is 62.2 Å². The van der Waals surface area contributed by atoms with Gasteiger partial charge in [0.05, 0.1) is 6.04 Å². The Bertz CT molecular complexity index is 1080. The summed E-state index contributed by atoms with van der Waals surface area (Å²) >= 11 is 0. The Hall–Kier alpha value is -2.99. The minimum atomic E-state index is -0.554. The molecule has 1 spiro atoms. The summed E-state index contributed by atoms with van der Waals surface area (Å²) in [5, 5.41) is 3.09. The lowest BCUT2D eigenvalue weighted by atomic mass is 9.84. The number of benzene rings is 2. The molecular formula is C28H33FN4O. The van der Waals surface area contributed by atoms with Gasteiger partial charge in [-0.3, -0.25) is 20.1 Å². The van der Waals surface area contributed by atoms with E-state index in [-0.39, 0.29) is 17.9 Å². The second kappa shape index (κ2) is 9.71. The maximum atomic E-state index is 14.1. The number of nitrogens with one attached hydrogen (secondary N) is 1. The molecule has 34 heavy (non-hydrogen) atoms. The third-order valence-electron chi connectivity index (χ3n) is 7.53. The van der Waals surface area contributed by atoms with Crippen LogP contribution in [0.2, 0.25) is 0 Å². The fraction of sp³-hybridized carbons (Fsp3) is 0.429. The third-order valence-corrected chi connectivity index (χ3v) is 7.53. The number of piperidine rings is 1. The summed E-state index contributed by atoms with van der Waals surface area (Å²) in [6.07, 6.45) is 9.17. The molecule has 2 aromatic rings. The number of nitrogens with zero attached hydrogens (tertiary/aromatic N) is 3. The maximum absolute atomic E-state index is 14.1. The van der Waals surface area contributed by atoms with Gasteiger partial charge < -0.3 is 0 Å². The molecule has 1 N–H and O–H groups in total. The van der Waals surface area contributed by atoms with Crippen molar-refractivity contribution in [2.24, 2.45) is 4.99 Å². The Labute approximate surface area is 201 Å². The van der Waals surface area contributed by atoms with Crippen molar-refractivity contribution in [2.75, 3.05) is 18.0 Å². The molecule has 2 aliphatic heterocycles. The zero-order valence-corrected chi connectivity index (χ0v) is 19.7. The van der Waals surface area contributed by atoms with Crippen molar-refractivity contribution in [1.82, 2.24) is 10.2 Å². The Morgan fingerprint density at radius 2 is 1.85 bits per heavy atom. The van der Waals surface area contributed by atoms with Gasteiger partial charge in [0.1, 0.15) is 17.2 Å². The number of rotatable bonds is 5. The highest BCUT2D eigenvalue weighted by atomic mass is 19.1. The fourth-order valence-corrected chi connectivity index (χ4v) is 5.72. The molecular weight excluding hydrogens is 427 g/mol. The van der Waals surface area contributed by atoms with Crippen molar-refractivity contribution in [3.63, 3.8) is 0 Å². The van der Waals surface area contributed by atoms with Gasteiger partial charge in [0.2, 0.25) is 0 Å². The third kappa shape index (κ3) is 4.51. The van der Waals surface area contributed by atoms with E-state index in [1.54, 1.807) is 11.0 Å². The molecule has 0 aromatic heterocycles. The van der Waals surface area contributed by atoms with Gasteiger partial charge in [-0.2, -0.15) is 0 Å². The zero-order chi connectivity index (χ0) is 23.5. The summed E-state index contributed by atoms with van der Waals surface area (Å²) in [7, 11) is 0. The second-order valence-corrected chi connectivity index (χ2v) is 9.77. The van der Waals surface area contributed by atoms with Gasteiger partial charge in [-0.05, 0) is 55.0 Å². The molecule has 2 heterocycles. The van der Waals surface area contributed by atoms with Gasteiger partial charge in [0.25, 0.3) is 0 Å². The average Bonchev–Trinajstić information content (AvgIpc) is 3.11. The van der Waals surface area contributed by atoms with Crippen LogP contribution in [0.4, 0.5) is 14.9 Å². The number of urea groups is 1. The van der Waals surface area contributed by atoms with E-state index in [0.29, 0.717) is 5.69 Å². The lowest BCUT2D eigenvalue weighted by molar-refractivity contribution is 0.184. The van der Waals surface area contributed by atoms with E-state index < -0.39 is 5.54 Å². The monoisotopic (exact) mass is 460 g/mol. The van der Waals surface area contributed by atoms with E-state index in [9.17, 15) is 9.18 Å². The topological polar surface area (TPSA) is 47.9 Å². The van der Waals surface area contributed by atoms with Crippen molar-refractivity contribution < 1.29 is 9.18 Å². The van der Waals surface area contributed by atoms with E-state index in [2.05, 4.69) is 41.1 Å². The molecule has 1 saturated carbocycles. The van der Waals surface area contributed by atoms with Crippen LogP contribution in [0.5, 0.6) is 0 Å². The van der Waals surface area contributed by atoms with Crippen molar-refractivity contribution in [1.29, 1.82) is 0 Å². The molecule has 3 fully saturated rings. The molecule has 3 aliphatic rings. The minimum absolute atomic E-state index is 0.202. The van der Waals surface area contributed by atoms with Crippen LogP contribution in [0.15, 0.2) is 60.1 Å². The summed E-state index contributed by atoms with van der Waals surface area (Å²) in [6.45, 7) is 6.40. The van der Waals surface area contributed by atoms with Gasteiger partial charge in [0, 0.05) is 25.3 Å². The van der Waals surface area contributed by atoms with E-state index in [1.807, 2.05) is 12.1 Å². The Kier molecular flexibility index (Phi) is 6.50. The molecule has 0 bridgehead atoms.